The Morgan fingerprint density at radius 2 is 1.90 bits per heavy atom. The quantitative estimate of drug-likeness (QED) is 0.246. The molecule has 1 heterocycles. The lowest BCUT2D eigenvalue weighted by molar-refractivity contribution is 0.631. The molecule has 3 nitrogen and oxygen atoms in total. The summed E-state index contributed by atoms with van der Waals surface area (Å²) >= 11 is 7.44. The number of nitrogens with one attached hydrogen (secondary N) is 3. The minimum absolute atomic E-state index is 0.238. The first-order valence-electron chi connectivity index (χ1n) is 9.18. The molecule has 3 N–H and O–H groups in total. The first-order chi connectivity index (χ1) is 14.0. The fourth-order valence-corrected chi connectivity index (χ4v) is 3.76. The van der Waals surface area contributed by atoms with Gasteiger partial charge < -0.3 is 15.6 Å². The first kappa shape index (κ1) is 21.4. The van der Waals surface area contributed by atoms with Crippen LogP contribution in [0.3, 0.4) is 0 Å². The lowest BCUT2D eigenvalue weighted by Crippen LogP contribution is -2.03. The molecular formula is C23H23BrFN3S. The number of fused-ring (bicyclic) bond motifs is 1. The van der Waals surface area contributed by atoms with Gasteiger partial charge in [-0.15, -0.1) is 12.6 Å². The number of hydrogen-bond acceptors (Lipinski definition) is 3. The number of halogens is 2. The molecule has 0 aliphatic heterocycles. The van der Waals surface area contributed by atoms with Crippen LogP contribution in [0.25, 0.3) is 10.9 Å². The molecule has 0 saturated carbocycles. The molecule has 3 aromatic carbocycles. The predicted octanol–water partition coefficient (Wildman–Crippen LogP) is 6.82. The Labute approximate surface area is 184 Å². The molecule has 0 unspecified atom stereocenters. The van der Waals surface area contributed by atoms with Crippen LogP contribution < -0.4 is 10.6 Å². The average Bonchev–Trinajstić information content (AvgIpc) is 3.07. The third-order valence-corrected chi connectivity index (χ3v) is 5.12. The number of rotatable bonds is 4. The average molecular weight is 472 g/mol. The van der Waals surface area contributed by atoms with Crippen molar-refractivity contribution in [1.82, 2.24) is 10.3 Å². The van der Waals surface area contributed by atoms with Crippen molar-refractivity contribution in [3.8, 4) is 0 Å². The van der Waals surface area contributed by atoms with Gasteiger partial charge >= 0.3 is 0 Å². The van der Waals surface area contributed by atoms with Crippen molar-refractivity contribution in [2.45, 2.75) is 18.4 Å². The molecule has 0 aliphatic rings. The van der Waals surface area contributed by atoms with Gasteiger partial charge in [-0.1, -0.05) is 34.1 Å². The SMILES string of the molecule is CNCc1c[nH]c2cc(Nc3ccc(C)cc3F)ccc12.Sc1cccc(Br)c1. The lowest BCUT2D eigenvalue weighted by Gasteiger charge is -2.08. The van der Waals surface area contributed by atoms with Crippen molar-refractivity contribution in [2.24, 2.45) is 0 Å². The summed E-state index contributed by atoms with van der Waals surface area (Å²) in [6.45, 7) is 2.69. The fraction of sp³-hybridized carbons (Fsp3) is 0.130. The third-order valence-electron chi connectivity index (χ3n) is 4.35. The van der Waals surface area contributed by atoms with Crippen LogP contribution in [0.5, 0.6) is 0 Å². The number of benzene rings is 3. The van der Waals surface area contributed by atoms with Gasteiger partial charge in [0.15, 0.2) is 0 Å². The Hall–Kier alpha value is -2.28. The van der Waals surface area contributed by atoms with Gasteiger partial charge in [0, 0.05) is 38.7 Å². The molecule has 4 aromatic rings. The van der Waals surface area contributed by atoms with E-state index in [1.807, 2.05) is 68.7 Å². The highest BCUT2D eigenvalue weighted by molar-refractivity contribution is 9.10. The zero-order valence-electron chi connectivity index (χ0n) is 16.3. The van der Waals surface area contributed by atoms with Gasteiger partial charge in [0.05, 0.1) is 5.69 Å². The van der Waals surface area contributed by atoms with Crippen molar-refractivity contribution in [3.63, 3.8) is 0 Å². The summed E-state index contributed by atoms with van der Waals surface area (Å²) in [5.74, 6) is -0.238. The van der Waals surface area contributed by atoms with Crippen LogP contribution in [-0.2, 0) is 6.54 Å². The van der Waals surface area contributed by atoms with Gasteiger partial charge in [-0.25, -0.2) is 4.39 Å². The second kappa shape index (κ2) is 9.96. The monoisotopic (exact) mass is 471 g/mol. The molecule has 0 atom stereocenters. The summed E-state index contributed by atoms with van der Waals surface area (Å²) in [7, 11) is 1.93. The smallest absolute Gasteiger partial charge is 0.146 e. The van der Waals surface area contributed by atoms with Gasteiger partial charge in [-0.05, 0) is 67.6 Å². The number of H-pyrrole nitrogens is 1. The van der Waals surface area contributed by atoms with Crippen molar-refractivity contribution in [1.29, 1.82) is 0 Å². The van der Waals surface area contributed by atoms with Crippen molar-refractivity contribution >= 4 is 50.8 Å². The van der Waals surface area contributed by atoms with E-state index in [0.717, 1.165) is 32.7 Å². The van der Waals surface area contributed by atoms with Gasteiger partial charge in [-0.2, -0.15) is 0 Å². The van der Waals surface area contributed by atoms with Crippen LogP contribution in [0, 0.1) is 12.7 Å². The van der Waals surface area contributed by atoms with Crippen LogP contribution in [0.4, 0.5) is 15.8 Å². The van der Waals surface area contributed by atoms with Crippen LogP contribution in [0.1, 0.15) is 11.1 Å². The summed E-state index contributed by atoms with van der Waals surface area (Å²) in [5.41, 5.74) is 4.53. The van der Waals surface area contributed by atoms with E-state index in [1.54, 1.807) is 6.07 Å². The Morgan fingerprint density at radius 1 is 1.07 bits per heavy atom. The van der Waals surface area contributed by atoms with Gasteiger partial charge in [0.25, 0.3) is 0 Å². The summed E-state index contributed by atoms with van der Waals surface area (Å²) in [5, 5.41) is 7.45. The molecule has 150 valence electrons. The number of hydrogen-bond donors (Lipinski definition) is 4. The van der Waals surface area contributed by atoms with E-state index in [1.165, 1.54) is 17.0 Å². The van der Waals surface area contributed by atoms with Crippen molar-refractivity contribution in [2.75, 3.05) is 12.4 Å². The molecule has 0 saturated heterocycles. The summed E-state index contributed by atoms with van der Waals surface area (Å²) in [6, 6.07) is 19.0. The number of aromatic nitrogens is 1. The molecule has 0 fully saturated rings. The van der Waals surface area contributed by atoms with Gasteiger partial charge in [0.1, 0.15) is 5.82 Å². The molecule has 0 aliphatic carbocycles. The topological polar surface area (TPSA) is 39.9 Å². The second-order valence-corrected chi connectivity index (χ2v) is 8.12. The molecule has 6 heteroatoms. The number of thiol groups is 1. The number of aromatic amines is 1. The van der Waals surface area contributed by atoms with E-state index in [4.69, 9.17) is 0 Å². The predicted molar refractivity (Wildman–Crippen MR) is 127 cm³/mol. The zero-order chi connectivity index (χ0) is 20.8. The fourth-order valence-electron chi connectivity index (χ4n) is 2.95. The lowest BCUT2D eigenvalue weighted by atomic mass is 10.1. The highest BCUT2D eigenvalue weighted by Gasteiger charge is 2.06. The maximum atomic E-state index is 13.9. The summed E-state index contributed by atoms with van der Waals surface area (Å²) in [4.78, 5) is 4.23. The van der Waals surface area contributed by atoms with Gasteiger partial charge in [-0.3, -0.25) is 0 Å². The Bertz CT molecular complexity index is 1090. The van der Waals surface area contributed by atoms with Crippen LogP contribution in [0.2, 0.25) is 0 Å². The third kappa shape index (κ3) is 5.85. The Kier molecular flexibility index (Phi) is 7.36. The highest BCUT2D eigenvalue weighted by Crippen LogP contribution is 2.26. The normalized spacial score (nSPS) is 10.5. The highest BCUT2D eigenvalue weighted by atomic mass is 79.9. The van der Waals surface area contributed by atoms with Crippen molar-refractivity contribution in [3.05, 3.63) is 88.3 Å². The first-order valence-corrected chi connectivity index (χ1v) is 10.4. The van der Waals surface area contributed by atoms with Gasteiger partial charge in [0.2, 0.25) is 0 Å². The van der Waals surface area contributed by atoms with E-state index < -0.39 is 0 Å². The molecular weight excluding hydrogens is 449 g/mol. The minimum Gasteiger partial charge on any atom is -0.361 e. The standard InChI is InChI=1S/C17H18FN3.C6H5BrS/c1-11-3-6-16(15(18)7-11)21-13-4-5-14-12(9-19-2)10-20-17(14)8-13;7-5-2-1-3-6(8)4-5/h3-8,10,19-21H,9H2,1-2H3;1-4,8H. The maximum Gasteiger partial charge on any atom is 0.146 e. The van der Waals surface area contributed by atoms with E-state index in [-0.39, 0.29) is 5.82 Å². The number of anilines is 2. The molecule has 1 aromatic heterocycles. The van der Waals surface area contributed by atoms with E-state index in [9.17, 15) is 4.39 Å². The second-order valence-electron chi connectivity index (χ2n) is 6.69. The Balaban J connectivity index is 0.000000252. The zero-order valence-corrected chi connectivity index (χ0v) is 18.7. The minimum atomic E-state index is -0.238. The molecule has 4 rings (SSSR count). The maximum absolute atomic E-state index is 13.9. The van der Waals surface area contributed by atoms with E-state index in [0.29, 0.717) is 5.69 Å². The van der Waals surface area contributed by atoms with Crippen LogP contribution in [-0.4, -0.2) is 12.0 Å². The summed E-state index contributed by atoms with van der Waals surface area (Å²) in [6.07, 6.45) is 2.00. The molecule has 29 heavy (non-hydrogen) atoms. The number of aryl methyl sites for hydroxylation is 1. The molecule has 0 radical (unpaired) electrons. The molecule has 0 amide bonds. The van der Waals surface area contributed by atoms with Crippen LogP contribution >= 0.6 is 28.6 Å². The Morgan fingerprint density at radius 3 is 2.55 bits per heavy atom. The summed E-state index contributed by atoms with van der Waals surface area (Å²) < 4.78 is 15.0. The largest absolute Gasteiger partial charge is 0.361 e. The molecule has 0 spiro atoms. The van der Waals surface area contributed by atoms with E-state index in [2.05, 4.69) is 44.2 Å². The van der Waals surface area contributed by atoms with Crippen LogP contribution in [0.15, 0.2) is 76.2 Å². The van der Waals surface area contributed by atoms with Crippen molar-refractivity contribution < 1.29 is 4.39 Å². The molecule has 0 bridgehead atoms. The van der Waals surface area contributed by atoms with E-state index >= 15 is 0 Å².